The van der Waals surface area contributed by atoms with E-state index in [2.05, 4.69) is 15.1 Å². The van der Waals surface area contributed by atoms with E-state index in [-0.39, 0.29) is 40.9 Å². The summed E-state index contributed by atoms with van der Waals surface area (Å²) in [5.74, 6) is -2.21. The second-order valence-corrected chi connectivity index (χ2v) is 7.14. The number of anilines is 1. The van der Waals surface area contributed by atoms with Gasteiger partial charge in [-0.3, -0.25) is 4.98 Å². The maximum absolute atomic E-state index is 13.9. The number of aliphatic hydroxyl groups excluding tert-OH is 1. The average Bonchev–Trinajstić information content (AvgIpc) is 3.05. The smallest absolute Gasteiger partial charge is 0.391 e. The van der Waals surface area contributed by atoms with Crippen molar-refractivity contribution in [3.63, 3.8) is 0 Å². The van der Waals surface area contributed by atoms with Gasteiger partial charge in [-0.1, -0.05) is 13.0 Å². The van der Waals surface area contributed by atoms with Gasteiger partial charge in [0.25, 0.3) is 0 Å². The van der Waals surface area contributed by atoms with Crippen molar-refractivity contribution in [2.75, 3.05) is 18.9 Å². The number of hydrogen-bond acceptors (Lipinski definition) is 6. The van der Waals surface area contributed by atoms with Gasteiger partial charge in [0.05, 0.1) is 36.2 Å². The summed E-state index contributed by atoms with van der Waals surface area (Å²) in [5, 5.41) is 12.7. The number of nitrogen functional groups attached to an aromatic ring is 1. The van der Waals surface area contributed by atoms with E-state index in [1.165, 1.54) is 35.8 Å². The molecule has 31 heavy (non-hydrogen) atoms. The van der Waals surface area contributed by atoms with Crippen LogP contribution in [0.1, 0.15) is 37.7 Å². The predicted octanol–water partition coefficient (Wildman–Crippen LogP) is 3.73. The average molecular weight is 441 g/mol. The van der Waals surface area contributed by atoms with Gasteiger partial charge in [0.15, 0.2) is 5.82 Å². The number of ether oxygens (including phenoxy) is 1. The third kappa shape index (κ3) is 5.47. The molecule has 2 atom stereocenters. The molecule has 3 aromatic heterocycles. The van der Waals surface area contributed by atoms with Crippen molar-refractivity contribution in [1.82, 2.24) is 19.6 Å². The fraction of sp³-hybridized carbons (Fsp3) is 0.450. The first-order valence-corrected chi connectivity index (χ1v) is 9.79. The number of aromatic nitrogens is 4. The number of hydrogen-bond donors (Lipinski definition) is 2. The van der Waals surface area contributed by atoms with E-state index in [1.54, 1.807) is 0 Å². The van der Waals surface area contributed by atoms with E-state index in [1.807, 2.05) is 0 Å². The molecule has 0 aliphatic carbocycles. The second kappa shape index (κ2) is 9.56. The van der Waals surface area contributed by atoms with Crippen LogP contribution >= 0.6 is 0 Å². The molecule has 4 heterocycles. The van der Waals surface area contributed by atoms with Crippen molar-refractivity contribution in [3.05, 3.63) is 42.0 Å². The molecule has 1 fully saturated rings. The summed E-state index contributed by atoms with van der Waals surface area (Å²) in [4.78, 5) is 7.75. The number of aliphatic hydroxyl groups is 1. The molecule has 1 saturated heterocycles. The standard InChI is InChI=1S/C15H13F4N5.C5H10O2/c1-2-9(15(17,18)19)8-3-4-11(21-6-8)12-5-10(16)13-7-22-14(20)23-24(12)13;6-5-2-1-3-7-4-5/h3-7,9H,2H2,1H3,(H2,20,23);5-6H,1-4H2. The van der Waals surface area contributed by atoms with Gasteiger partial charge in [0.1, 0.15) is 5.52 Å². The Balaban J connectivity index is 0.000000330. The SMILES string of the molecule is CCC(c1ccc(-c2cc(F)c3cnc(N)nn23)nc1)C(F)(F)F.OC1CCCOC1. The molecule has 168 valence electrons. The summed E-state index contributed by atoms with van der Waals surface area (Å²) in [6.07, 6.45) is -0.301. The predicted molar refractivity (Wildman–Crippen MR) is 106 cm³/mol. The van der Waals surface area contributed by atoms with Crippen LogP contribution in [-0.4, -0.2) is 50.2 Å². The minimum atomic E-state index is -4.34. The number of fused-ring (bicyclic) bond motifs is 1. The fourth-order valence-electron chi connectivity index (χ4n) is 3.29. The zero-order chi connectivity index (χ0) is 22.6. The van der Waals surface area contributed by atoms with Gasteiger partial charge < -0.3 is 15.6 Å². The molecular formula is C20H23F4N5O2. The van der Waals surface area contributed by atoms with Crippen LogP contribution in [0.2, 0.25) is 0 Å². The highest BCUT2D eigenvalue weighted by Crippen LogP contribution is 2.37. The number of nitrogens with two attached hydrogens (primary N) is 1. The molecule has 4 rings (SSSR count). The summed E-state index contributed by atoms with van der Waals surface area (Å²) in [7, 11) is 0. The molecule has 11 heteroatoms. The molecule has 3 N–H and O–H groups in total. The van der Waals surface area contributed by atoms with Crippen LogP contribution in [0.15, 0.2) is 30.6 Å². The van der Waals surface area contributed by atoms with Gasteiger partial charge >= 0.3 is 6.18 Å². The van der Waals surface area contributed by atoms with Crippen LogP contribution in [0.3, 0.4) is 0 Å². The van der Waals surface area contributed by atoms with E-state index in [4.69, 9.17) is 15.6 Å². The van der Waals surface area contributed by atoms with Gasteiger partial charge in [-0.25, -0.2) is 13.9 Å². The zero-order valence-electron chi connectivity index (χ0n) is 16.8. The first-order valence-electron chi connectivity index (χ1n) is 9.79. The first kappa shape index (κ1) is 22.9. The van der Waals surface area contributed by atoms with Crippen LogP contribution in [0.5, 0.6) is 0 Å². The van der Waals surface area contributed by atoms with E-state index in [9.17, 15) is 17.6 Å². The molecule has 0 saturated carbocycles. The van der Waals surface area contributed by atoms with E-state index < -0.39 is 17.9 Å². The first-order chi connectivity index (χ1) is 14.7. The maximum Gasteiger partial charge on any atom is 0.395 e. The van der Waals surface area contributed by atoms with Crippen LogP contribution in [-0.2, 0) is 4.74 Å². The van der Waals surface area contributed by atoms with E-state index in [0.717, 1.165) is 25.6 Å². The van der Waals surface area contributed by atoms with Crippen molar-refractivity contribution in [1.29, 1.82) is 0 Å². The number of rotatable bonds is 3. The van der Waals surface area contributed by atoms with E-state index in [0.29, 0.717) is 6.61 Å². The minimum absolute atomic E-state index is 0.0564. The topological polar surface area (TPSA) is 98.6 Å². The molecule has 3 aromatic rings. The summed E-state index contributed by atoms with van der Waals surface area (Å²) < 4.78 is 59.0. The van der Waals surface area contributed by atoms with Gasteiger partial charge in [-0.15, -0.1) is 5.10 Å². The number of nitrogens with zero attached hydrogens (tertiary/aromatic N) is 4. The third-order valence-electron chi connectivity index (χ3n) is 4.88. The Morgan fingerprint density at radius 1 is 1.29 bits per heavy atom. The molecule has 7 nitrogen and oxygen atoms in total. The van der Waals surface area contributed by atoms with Crippen LogP contribution in [0.4, 0.5) is 23.5 Å². The number of pyridine rings is 1. The van der Waals surface area contributed by atoms with Crippen molar-refractivity contribution >= 4 is 11.5 Å². The summed E-state index contributed by atoms with van der Waals surface area (Å²) in [6.45, 7) is 2.83. The summed E-state index contributed by atoms with van der Waals surface area (Å²) in [5.41, 5.74) is 6.23. The van der Waals surface area contributed by atoms with E-state index >= 15 is 0 Å². The molecule has 0 spiro atoms. The number of alkyl halides is 3. The maximum atomic E-state index is 13.9. The molecule has 2 unspecified atom stereocenters. The molecular weight excluding hydrogens is 418 g/mol. The van der Waals surface area contributed by atoms with Crippen molar-refractivity contribution < 1.29 is 27.4 Å². The van der Waals surface area contributed by atoms with Crippen molar-refractivity contribution in [3.8, 4) is 11.4 Å². The van der Waals surface area contributed by atoms with Crippen molar-refractivity contribution in [2.24, 2.45) is 0 Å². The van der Waals surface area contributed by atoms with Crippen LogP contribution in [0, 0.1) is 5.82 Å². The lowest BCUT2D eigenvalue weighted by Gasteiger charge is -2.18. The second-order valence-electron chi connectivity index (χ2n) is 7.14. The Morgan fingerprint density at radius 3 is 2.58 bits per heavy atom. The normalized spacial score (nSPS) is 17.8. The lowest BCUT2D eigenvalue weighted by Crippen LogP contribution is -2.21. The Morgan fingerprint density at radius 2 is 2.06 bits per heavy atom. The summed E-state index contributed by atoms with van der Waals surface area (Å²) >= 11 is 0. The Hall–Kier alpha value is -2.79. The Kier molecular flexibility index (Phi) is 7.06. The van der Waals surface area contributed by atoms with Gasteiger partial charge in [0.2, 0.25) is 5.95 Å². The summed E-state index contributed by atoms with van der Waals surface area (Å²) in [6, 6.07) is 3.93. The monoisotopic (exact) mass is 441 g/mol. The van der Waals surface area contributed by atoms with Crippen LogP contribution < -0.4 is 5.73 Å². The fourth-order valence-corrected chi connectivity index (χ4v) is 3.29. The zero-order valence-corrected chi connectivity index (χ0v) is 16.8. The van der Waals surface area contributed by atoms with Gasteiger partial charge in [-0.05, 0) is 30.9 Å². The quantitative estimate of drug-likeness (QED) is 0.601. The van der Waals surface area contributed by atoms with Gasteiger partial charge in [-0.2, -0.15) is 13.2 Å². The molecule has 0 radical (unpaired) electrons. The highest BCUT2D eigenvalue weighted by molar-refractivity contribution is 5.64. The lowest BCUT2D eigenvalue weighted by molar-refractivity contribution is -0.151. The molecule has 1 aliphatic heterocycles. The molecule has 0 aromatic carbocycles. The van der Waals surface area contributed by atoms with Crippen molar-refractivity contribution in [2.45, 2.75) is 44.4 Å². The largest absolute Gasteiger partial charge is 0.395 e. The lowest BCUT2D eigenvalue weighted by atomic mass is 9.97. The minimum Gasteiger partial charge on any atom is -0.391 e. The third-order valence-corrected chi connectivity index (χ3v) is 4.88. The van der Waals surface area contributed by atoms with Gasteiger partial charge in [0, 0.05) is 18.9 Å². The number of halogens is 4. The molecule has 0 bridgehead atoms. The molecule has 0 amide bonds. The highest BCUT2D eigenvalue weighted by atomic mass is 19.4. The molecule has 1 aliphatic rings. The highest BCUT2D eigenvalue weighted by Gasteiger charge is 2.39. The Labute approximate surface area is 175 Å². The van der Waals surface area contributed by atoms with Crippen LogP contribution in [0.25, 0.3) is 16.9 Å². The Bertz CT molecular complexity index is 1000.